The molecule has 0 heterocycles. The van der Waals surface area contributed by atoms with Gasteiger partial charge < -0.3 is 14.6 Å². The van der Waals surface area contributed by atoms with Crippen molar-refractivity contribution < 1.29 is 24.2 Å². The SMILES string of the molecule is O=COCCOC(=O)C1CCC(CO)CC1. The lowest BCUT2D eigenvalue weighted by Crippen LogP contribution is -2.25. The number of aliphatic hydroxyl groups is 1. The molecule has 0 bridgehead atoms. The topological polar surface area (TPSA) is 72.8 Å². The van der Waals surface area contributed by atoms with E-state index in [1.165, 1.54) is 0 Å². The molecule has 5 nitrogen and oxygen atoms in total. The van der Waals surface area contributed by atoms with Crippen LogP contribution in [0.4, 0.5) is 0 Å². The normalized spacial score (nSPS) is 24.8. The van der Waals surface area contributed by atoms with Gasteiger partial charge >= 0.3 is 5.97 Å². The van der Waals surface area contributed by atoms with Crippen molar-refractivity contribution in [1.29, 1.82) is 0 Å². The Labute approximate surface area is 94.7 Å². The molecule has 5 heteroatoms. The fraction of sp³-hybridized carbons (Fsp3) is 0.818. The molecule has 0 saturated heterocycles. The van der Waals surface area contributed by atoms with E-state index in [1.807, 2.05) is 0 Å². The predicted octanol–water partition coefficient (Wildman–Crippen LogP) is 0.501. The number of ether oxygens (including phenoxy) is 2. The summed E-state index contributed by atoms with van der Waals surface area (Å²) >= 11 is 0. The van der Waals surface area contributed by atoms with Gasteiger partial charge in [-0.15, -0.1) is 0 Å². The highest BCUT2D eigenvalue weighted by Gasteiger charge is 2.26. The molecule has 1 fully saturated rings. The van der Waals surface area contributed by atoms with Gasteiger partial charge in [0.2, 0.25) is 0 Å². The van der Waals surface area contributed by atoms with Crippen LogP contribution in [-0.4, -0.2) is 37.4 Å². The van der Waals surface area contributed by atoms with E-state index in [2.05, 4.69) is 4.74 Å². The molecule has 16 heavy (non-hydrogen) atoms. The van der Waals surface area contributed by atoms with Gasteiger partial charge in [-0.05, 0) is 31.6 Å². The summed E-state index contributed by atoms with van der Waals surface area (Å²) in [5.41, 5.74) is 0. The average Bonchev–Trinajstić information content (AvgIpc) is 2.34. The van der Waals surface area contributed by atoms with Crippen LogP contribution >= 0.6 is 0 Å². The van der Waals surface area contributed by atoms with E-state index < -0.39 is 0 Å². The maximum Gasteiger partial charge on any atom is 0.309 e. The van der Waals surface area contributed by atoms with Gasteiger partial charge in [-0.1, -0.05) is 0 Å². The van der Waals surface area contributed by atoms with Crippen LogP contribution in [0, 0.1) is 11.8 Å². The number of rotatable bonds is 6. The predicted molar refractivity (Wildman–Crippen MR) is 55.5 cm³/mol. The number of esters is 1. The second-order valence-electron chi connectivity index (χ2n) is 4.03. The first-order valence-corrected chi connectivity index (χ1v) is 5.60. The van der Waals surface area contributed by atoms with Gasteiger partial charge in [0, 0.05) is 6.61 Å². The fourth-order valence-electron chi connectivity index (χ4n) is 1.94. The van der Waals surface area contributed by atoms with E-state index in [0.29, 0.717) is 12.4 Å². The Morgan fingerprint density at radius 2 is 1.94 bits per heavy atom. The Morgan fingerprint density at radius 1 is 1.25 bits per heavy atom. The van der Waals surface area contributed by atoms with Crippen molar-refractivity contribution in [3.63, 3.8) is 0 Å². The van der Waals surface area contributed by atoms with Crippen LogP contribution in [0.1, 0.15) is 25.7 Å². The van der Waals surface area contributed by atoms with Crippen LogP contribution in [0.15, 0.2) is 0 Å². The molecule has 0 aromatic heterocycles. The molecule has 0 aromatic rings. The van der Waals surface area contributed by atoms with Crippen molar-refractivity contribution in [2.24, 2.45) is 11.8 Å². The second-order valence-corrected chi connectivity index (χ2v) is 4.03. The largest absolute Gasteiger partial charge is 0.464 e. The molecule has 0 amide bonds. The van der Waals surface area contributed by atoms with Crippen LogP contribution in [0.5, 0.6) is 0 Å². The average molecular weight is 230 g/mol. The van der Waals surface area contributed by atoms with Gasteiger partial charge in [0.1, 0.15) is 13.2 Å². The van der Waals surface area contributed by atoms with E-state index in [4.69, 9.17) is 9.84 Å². The van der Waals surface area contributed by atoms with Crippen LogP contribution in [0.3, 0.4) is 0 Å². The molecule has 0 unspecified atom stereocenters. The summed E-state index contributed by atoms with van der Waals surface area (Å²) in [4.78, 5) is 21.4. The van der Waals surface area contributed by atoms with Gasteiger partial charge in [0.15, 0.2) is 0 Å². The van der Waals surface area contributed by atoms with Crippen molar-refractivity contribution in [3.8, 4) is 0 Å². The molecule has 1 rings (SSSR count). The first kappa shape index (κ1) is 13.0. The number of hydrogen-bond donors (Lipinski definition) is 1. The maximum atomic E-state index is 11.5. The van der Waals surface area contributed by atoms with Crippen LogP contribution in [-0.2, 0) is 19.1 Å². The maximum absolute atomic E-state index is 11.5. The van der Waals surface area contributed by atoms with E-state index in [0.717, 1.165) is 25.7 Å². The molecule has 1 N–H and O–H groups in total. The van der Waals surface area contributed by atoms with Crippen LogP contribution in [0.25, 0.3) is 0 Å². The molecule has 0 atom stereocenters. The highest BCUT2D eigenvalue weighted by Crippen LogP contribution is 2.29. The zero-order valence-corrected chi connectivity index (χ0v) is 9.26. The third-order valence-corrected chi connectivity index (χ3v) is 2.95. The Morgan fingerprint density at radius 3 is 2.50 bits per heavy atom. The lowest BCUT2D eigenvalue weighted by atomic mass is 9.82. The van der Waals surface area contributed by atoms with E-state index in [9.17, 15) is 9.59 Å². The van der Waals surface area contributed by atoms with Crippen LogP contribution in [0.2, 0.25) is 0 Å². The van der Waals surface area contributed by atoms with E-state index in [-0.39, 0.29) is 31.7 Å². The molecule has 1 aliphatic carbocycles. The molecule has 0 aliphatic heterocycles. The van der Waals surface area contributed by atoms with E-state index in [1.54, 1.807) is 0 Å². The Balaban J connectivity index is 2.15. The molecule has 0 aromatic carbocycles. The highest BCUT2D eigenvalue weighted by molar-refractivity contribution is 5.72. The molecule has 0 radical (unpaired) electrons. The summed E-state index contributed by atoms with van der Waals surface area (Å²) < 4.78 is 9.38. The summed E-state index contributed by atoms with van der Waals surface area (Å²) in [6, 6.07) is 0. The quantitative estimate of drug-likeness (QED) is 0.408. The summed E-state index contributed by atoms with van der Waals surface area (Å²) in [6.07, 6.45) is 3.30. The van der Waals surface area contributed by atoms with Crippen molar-refractivity contribution in [2.75, 3.05) is 19.8 Å². The Hall–Kier alpha value is -1.10. The van der Waals surface area contributed by atoms with Gasteiger partial charge in [0.05, 0.1) is 5.92 Å². The van der Waals surface area contributed by atoms with Crippen LogP contribution < -0.4 is 0 Å². The zero-order chi connectivity index (χ0) is 11.8. The fourth-order valence-corrected chi connectivity index (χ4v) is 1.94. The third-order valence-electron chi connectivity index (χ3n) is 2.95. The molecular formula is C11H18O5. The van der Waals surface area contributed by atoms with Gasteiger partial charge in [-0.25, -0.2) is 0 Å². The molecule has 1 saturated carbocycles. The van der Waals surface area contributed by atoms with E-state index >= 15 is 0 Å². The summed E-state index contributed by atoms with van der Waals surface area (Å²) in [7, 11) is 0. The van der Waals surface area contributed by atoms with Crippen molar-refractivity contribution >= 4 is 12.4 Å². The number of aliphatic hydroxyl groups excluding tert-OH is 1. The van der Waals surface area contributed by atoms with Gasteiger partial charge in [-0.2, -0.15) is 0 Å². The minimum Gasteiger partial charge on any atom is -0.464 e. The third kappa shape index (κ3) is 4.18. The van der Waals surface area contributed by atoms with Crippen molar-refractivity contribution in [3.05, 3.63) is 0 Å². The molecule has 1 aliphatic rings. The number of carbonyl (C=O) groups is 2. The lowest BCUT2D eigenvalue weighted by Gasteiger charge is -2.25. The summed E-state index contributed by atoms with van der Waals surface area (Å²) in [6.45, 7) is 0.772. The van der Waals surface area contributed by atoms with Gasteiger partial charge in [0.25, 0.3) is 6.47 Å². The van der Waals surface area contributed by atoms with Crippen molar-refractivity contribution in [1.82, 2.24) is 0 Å². The first-order chi connectivity index (χ1) is 7.77. The first-order valence-electron chi connectivity index (χ1n) is 5.60. The lowest BCUT2D eigenvalue weighted by molar-refractivity contribution is -0.153. The minimum absolute atomic E-state index is 0.0565. The smallest absolute Gasteiger partial charge is 0.309 e. The monoisotopic (exact) mass is 230 g/mol. The van der Waals surface area contributed by atoms with Gasteiger partial charge in [-0.3, -0.25) is 9.59 Å². The second kappa shape index (κ2) is 7.22. The number of carbonyl (C=O) groups excluding carboxylic acids is 2. The Bertz CT molecular complexity index is 220. The summed E-state index contributed by atoms with van der Waals surface area (Å²) in [5.74, 6) is 0.0624. The Kier molecular flexibility index (Phi) is 5.85. The van der Waals surface area contributed by atoms with Crippen molar-refractivity contribution in [2.45, 2.75) is 25.7 Å². The molecule has 0 spiro atoms. The molecule has 92 valence electrons. The number of hydrogen-bond acceptors (Lipinski definition) is 5. The minimum atomic E-state index is -0.217. The standard InChI is InChI=1S/C11H18O5/c12-7-9-1-3-10(4-2-9)11(14)16-6-5-15-8-13/h8-10,12H,1-7H2. The molecular weight excluding hydrogens is 212 g/mol. The summed E-state index contributed by atoms with van der Waals surface area (Å²) in [5, 5.41) is 8.95. The highest BCUT2D eigenvalue weighted by atomic mass is 16.6. The zero-order valence-electron chi connectivity index (χ0n) is 9.26.